The second-order valence-electron chi connectivity index (χ2n) is 6.32. The molecule has 1 aliphatic rings. The number of sulfone groups is 1. The molecule has 1 atom stereocenters. The quantitative estimate of drug-likeness (QED) is 0.702. The fraction of sp³-hybridized carbons (Fsp3) is 0.300. The largest absolute Gasteiger partial charge is 0.492 e. The van der Waals surface area contributed by atoms with Gasteiger partial charge in [-0.15, -0.1) is 11.8 Å². The number of thioether (sulfide) groups is 1. The van der Waals surface area contributed by atoms with Crippen LogP contribution in [-0.4, -0.2) is 37.6 Å². The van der Waals surface area contributed by atoms with Crippen molar-refractivity contribution in [3.8, 4) is 5.75 Å². The number of aryl methyl sites for hydroxylation is 1. The van der Waals surface area contributed by atoms with Crippen molar-refractivity contribution >= 4 is 33.2 Å². The lowest BCUT2D eigenvalue weighted by molar-refractivity contribution is 0.312. The third-order valence-corrected chi connectivity index (χ3v) is 6.37. The molecule has 1 aromatic heterocycles. The van der Waals surface area contributed by atoms with E-state index in [2.05, 4.69) is 9.98 Å². The van der Waals surface area contributed by atoms with Gasteiger partial charge in [-0.3, -0.25) is 9.98 Å². The molecular formula is C20H22N2O3S2. The molecule has 0 bridgehead atoms. The van der Waals surface area contributed by atoms with Crippen LogP contribution in [0.5, 0.6) is 5.75 Å². The first-order chi connectivity index (χ1) is 13.0. The van der Waals surface area contributed by atoms with Gasteiger partial charge in [0.1, 0.15) is 17.6 Å². The summed E-state index contributed by atoms with van der Waals surface area (Å²) in [4.78, 5) is 8.60. The summed E-state index contributed by atoms with van der Waals surface area (Å²) in [5.41, 5.74) is 5.49. The maximum absolute atomic E-state index is 12.2. The molecule has 0 spiro atoms. The summed E-state index contributed by atoms with van der Waals surface area (Å²) in [6.07, 6.45) is 5.82. The number of benzene rings is 1. The molecule has 5 nitrogen and oxygen atoms in total. The minimum Gasteiger partial charge on any atom is -0.492 e. The second kappa shape index (κ2) is 8.71. The zero-order chi connectivity index (χ0) is 19.3. The van der Waals surface area contributed by atoms with E-state index in [4.69, 9.17) is 4.74 Å². The number of hydrogen-bond donors (Lipinski definition) is 0. The Kier molecular flexibility index (Phi) is 6.34. The fourth-order valence-electron chi connectivity index (χ4n) is 2.63. The smallest absolute Gasteiger partial charge is 0.159 e. The topological polar surface area (TPSA) is 68.6 Å². The van der Waals surface area contributed by atoms with E-state index in [0.29, 0.717) is 11.4 Å². The van der Waals surface area contributed by atoms with Crippen molar-refractivity contribution in [2.45, 2.75) is 18.6 Å². The van der Waals surface area contributed by atoms with Crippen LogP contribution >= 0.6 is 11.8 Å². The van der Waals surface area contributed by atoms with E-state index in [9.17, 15) is 8.42 Å². The molecule has 2 heterocycles. The predicted octanol–water partition coefficient (Wildman–Crippen LogP) is 3.92. The number of rotatable bonds is 7. The van der Waals surface area contributed by atoms with Crippen molar-refractivity contribution in [1.29, 1.82) is 0 Å². The van der Waals surface area contributed by atoms with E-state index < -0.39 is 15.1 Å². The number of nitrogens with zero attached hydrogens (tertiary/aromatic N) is 2. The van der Waals surface area contributed by atoms with Gasteiger partial charge in [0.25, 0.3) is 0 Å². The molecule has 1 aromatic carbocycles. The van der Waals surface area contributed by atoms with Gasteiger partial charge in [0.05, 0.1) is 16.9 Å². The standard InChI is InChI=1S/C20H22N2O3S2/c1-3-15-6-9-19(21-11-15)20(27(2,23)24)12-25-18-7-4-16(5-8-18)10-17-13-26-14-22-17/h4-11,14,20H,3,12-13H2,1-2H3. The van der Waals surface area contributed by atoms with Crippen LogP contribution in [0.4, 0.5) is 0 Å². The van der Waals surface area contributed by atoms with Crippen molar-refractivity contribution in [3.63, 3.8) is 0 Å². The molecule has 0 aliphatic carbocycles. The number of ether oxygens (including phenoxy) is 1. The summed E-state index contributed by atoms with van der Waals surface area (Å²) >= 11 is 1.67. The molecule has 27 heavy (non-hydrogen) atoms. The average molecular weight is 403 g/mol. The van der Waals surface area contributed by atoms with Crippen LogP contribution in [0.15, 0.2) is 53.3 Å². The highest BCUT2D eigenvalue weighted by molar-refractivity contribution is 8.12. The lowest BCUT2D eigenvalue weighted by atomic mass is 10.2. The molecule has 0 saturated heterocycles. The van der Waals surface area contributed by atoms with Crippen LogP contribution in [0.1, 0.15) is 29.0 Å². The van der Waals surface area contributed by atoms with Gasteiger partial charge >= 0.3 is 0 Å². The lowest BCUT2D eigenvalue weighted by Gasteiger charge is -2.16. The monoisotopic (exact) mass is 402 g/mol. The average Bonchev–Trinajstić information content (AvgIpc) is 3.16. The molecule has 7 heteroatoms. The van der Waals surface area contributed by atoms with Crippen LogP contribution in [0.2, 0.25) is 0 Å². The van der Waals surface area contributed by atoms with Crippen LogP contribution in [-0.2, 0) is 16.3 Å². The molecule has 0 radical (unpaired) electrons. The second-order valence-corrected chi connectivity index (χ2v) is 9.39. The molecule has 1 aliphatic heterocycles. The highest BCUT2D eigenvalue weighted by Crippen LogP contribution is 2.24. The van der Waals surface area contributed by atoms with E-state index in [0.717, 1.165) is 29.0 Å². The van der Waals surface area contributed by atoms with Crippen LogP contribution < -0.4 is 4.74 Å². The third-order valence-electron chi connectivity index (χ3n) is 4.24. The molecule has 1 unspecified atom stereocenters. The van der Waals surface area contributed by atoms with Gasteiger partial charge in [0.2, 0.25) is 0 Å². The number of aliphatic imine (C=N–C) groups is 1. The van der Waals surface area contributed by atoms with E-state index in [1.165, 1.54) is 6.26 Å². The molecule has 0 N–H and O–H groups in total. The summed E-state index contributed by atoms with van der Waals surface area (Å²) in [6, 6.07) is 11.2. The lowest BCUT2D eigenvalue weighted by Crippen LogP contribution is -2.20. The van der Waals surface area contributed by atoms with Gasteiger partial charge in [0.15, 0.2) is 9.84 Å². The fourth-order valence-corrected chi connectivity index (χ4v) is 4.14. The summed E-state index contributed by atoms with van der Waals surface area (Å²) in [5.74, 6) is 1.51. The molecule has 0 fully saturated rings. The first-order valence-corrected chi connectivity index (χ1v) is 11.7. The van der Waals surface area contributed by atoms with E-state index in [-0.39, 0.29) is 6.61 Å². The highest BCUT2D eigenvalue weighted by atomic mass is 32.2. The van der Waals surface area contributed by atoms with Crippen molar-refractivity contribution < 1.29 is 13.2 Å². The van der Waals surface area contributed by atoms with Crippen LogP contribution in [0.25, 0.3) is 6.08 Å². The Labute approximate surface area is 164 Å². The SMILES string of the molecule is CCc1ccc(C(COc2ccc(C=C3CSC=N3)cc2)S(C)(=O)=O)nc1. The van der Waals surface area contributed by atoms with Crippen molar-refractivity contribution in [3.05, 3.63) is 65.1 Å². The molecule has 142 valence electrons. The molecular weight excluding hydrogens is 380 g/mol. The van der Waals surface area contributed by atoms with Gasteiger partial charge in [-0.25, -0.2) is 8.42 Å². The van der Waals surface area contributed by atoms with Gasteiger partial charge in [-0.1, -0.05) is 25.1 Å². The van der Waals surface area contributed by atoms with Gasteiger partial charge < -0.3 is 4.74 Å². The Morgan fingerprint density at radius 2 is 2.00 bits per heavy atom. The highest BCUT2D eigenvalue weighted by Gasteiger charge is 2.25. The molecule has 2 aromatic rings. The Bertz CT molecular complexity index is 934. The zero-order valence-electron chi connectivity index (χ0n) is 15.3. The maximum Gasteiger partial charge on any atom is 0.159 e. The summed E-state index contributed by atoms with van der Waals surface area (Å²) < 4.78 is 30.2. The minimum absolute atomic E-state index is 0.0265. The Hall–Kier alpha value is -2.12. The van der Waals surface area contributed by atoms with Crippen LogP contribution in [0, 0.1) is 0 Å². The first-order valence-electron chi connectivity index (χ1n) is 8.67. The molecule has 0 saturated carbocycles. The minimum atomic E-state index is -3.35. The summed E-state index contributed by atoms with van der Waals surface area (Å²) in [5, 5.41) is -0.796. The Morgan fingerprint density at radius 3 is 2.56 bits per heavy atom. The number of aromatic nitrogens is 1. The Balaban J connectivity index is 1.69. The van der Waals surface area contributed by atoms with Gasteiger partial charge in [0, 0.05) is 18.2 Å². The summed E-state index contributed by atoms with van der Waals surface area (Å²) in [6.45, 7) is 2.06. The zero-order valence-corrected chi connectivity index (χ0v) is 17.0. The molecule has 0 amide bonds. The third kappa shape index (κ3) is 5.43. The normalized spacial score (nSPS) is 16.6. The van der Waals surface area contributed by atoms with Crippen molar-refractivity contribution in [2.24, 2.45) is 4.99 Å². The van der Waals surface area contributed by atoms with E-state index in [1.807, 2.05) is 48.9 Å². The van der Waals surface area contributed by atoms with Crippen molar-refractivity contribution in [2.75, 3.05) is 18.6 Å². The van der Waals surface area contributed by atoms with E-state index >= 15 is 0 Å². The van der Waals surface area contributed by atoms with Gasteiger partial charge in [-0.05, 0) is 41.8 Å². The van der Waals surface area contributed by atoms with E-state index in [1.54, 1.807) is 24.0 Å². The number of pyridine rings is 1. The summed E-state index contributed by atoms with van der Waals surface area (Å²) in [7, 11) is -3.35. The first kappa shape index (κ1) is 19.6. The predicted molar refractivity (Wildman–Crippen MR) is 112 cm³/mol. The Morgan fingerprint density at radius 1 is 1.22 bits per heavy atom. The van der Waals surface area contributed by atoms with Crippen LogP contribution in [0.3, 0.4) is 0 Å². The number of hydrogen-bond acceptors (Lipinski definition) is 6. The van der Waals surface area contributed by atoms with Crippen molar-refractivity contribution in [1.82, 2.24) is 4.98 Å². The molecule has 3 rings (SSSR count). The maximum atomic E-state index is 12.2. The van der Waals surface area contributed by atoms with Gasteiger partial charge in [-0.2, -0.15) is 0 Å².